The maximum Gasteiger partial charge on any atom is 0.366 e. The monoisotopic (exact) mass is 389 g/mol. The first-order chi connectivity index (χ1) is 11.3. The molecule has 0 aromatic carbocycles. The molecule has 0 radical (unpaired) electrons. The van der Waals surface area contributed by atoms with Gasteiger partial charge in [0.25, 0.3) is 0 Å². The van der Waals surface area contributed by atoms with Crippen molar-refractivity contribution in [3.8, 4) is 5.69 Å². The Kier molecular flexibility index (Phi) is 4.67. The highest BCUT2D eigenvalue weighted by molar-refractivity contribution is 6.30. The van der Waals surface area contributed by atoms with Gasteiger partial charge in [0.05, 0.1) is 29.0 Å². The summed E-state index contributed by atoms with van der Waals surface area (Å²) in [5, 5.41) is 0.920. The zero-order valence-electron chi connectivity index (χ0n) is 11.8. The molecule has 3 rings (SSSR count). The smallest absolute Gasteiger partial charge is 0.242 e. The fourth-order valence-electron chi connectivity index (χ4n) is 1.99. The Hall–Kier alpha value is -1.83. The van der Waals surface area contributed by atoms with Gasteiger partial charge in [-0.25, -0.2) is 19.6 Å². The van der Waals surface area contributed by atoms with Gasteiger partial charge in [0, 0.05) is 12.4 Å². The Morgan fingerprint density at radius 3 is 2.33 bits per heavy atom. The van der Waals surface area contributed by atoms with Crippen LogP contribution in [-0.2, 0) is 11.8 Å². The number of hydrogen-bond acceptors (Lipinski definition) is 4. The third-order valence-electron chi connectivity index (χ3n) is 3.04. The molecule has 0 aliphatic carbocycles. The van der Waals surface area contributed by atoms with Crippen molar-refractivity contribution < 1.29 is 8.78 Å². The lowest BCUT2D eigenvalue weighted by Gasteiger charge is -2.07. The molecule has 24 heavy (non-hydrogen) atoms. The normalized spacial score (nSPS) is 11.7. The van der Waals surface area contributed by atoms with E-state index in [0.29, 0.717) is 22.2 Å². The molecule has 0 spiro atoms. The number of rotatable bonds is 4. The van der Waals surface area contributed by atoms with Crippen LogP contribution in [0.5, 0.6) is 0 Å². The van der Waals surface area contributed by atoms with Gasteiger partial charge in [-0.2, -0.15) is 13.9 Å². The van der Waals surface area contributed by atoms with Crippen LogP contribution in [0.15, 0.2) is 36.8 Å². The molecule has 0 unspecified atom stereocenters. The van der Waals surface area contributed by atoms with E-state index in [1.165, 1.54) is 35.4 Å². The van der Waals surface area contributed by atoms with Gasteiger partial charge in [-0.15, -0.1) is 0 Å². The predicted octanol–water partition coefficient (Wildman–Crippen LogP) is 4.24. The third-order valence-corrected chi connectivity index (χ3v) is 3.66. The summed E-state index contributed by atoms with van der Waals surface area (Å²) in [7, 11) is 0. The molecule has 3 aromatic heterocycles. The summed E-state index contributed by atoms with van der Waals surface area (Å²) in [4.78, 5) is 12.0. The van der Waals surface area contributed by atoms with Crippen molar-refractivity contribution in [2.45, 2.75) is 11.8 Å². The minimum Gasteiger partial charge on any atom is -0.242 e. The first-order valence-corrected chi connectivity index (χ1v) is 7.71. The van der Waals surface area contributed by atoms with Gasteiger partial charge in [0.2, 0.25) is 0 Å². The topological polar surface area (TPSA) is 56.5 Å². The molecule has 0 aliphatic heterocycles. The first-order valence-electron chi connectivity index (χ1n) is 6.57. The summed E-state index contributed by atoms with van der Waals surface area (Å²) in [5.41, 5.74) is 0.287. The molecule has 0 fully saturated rings. The van der Waals surface area contributed by atoms with Crippen LogP contribution >= 0.6 is 34.8 Å². The lowest BCUT2D eigenvalue weighted by molar-refractivity contribution is 0.0895. The van der Waals surface area contributed by atoms with Crippen LogP contribution in [0.4, 0.5) is 8.78 Å². The van der Waals surface area contributed by atoms with Crippen molar-refractivity contribution in [1.82, 2.24) is 24.7 Å². The van der Waals surface area contributed by atoms with Crippen molar-refractivity contribution in [1.29, 1.82) is 0 Å². The molecule has 0 aliphatic rings. The number of pyridine rings is 1. The van der Waals surface area contributed by atoms with Gasteiger partial charge in [-0.1, -0.05) is 23.2 Å². The van der Waals surface area contributed by atoms with Crippen molar-refractivity contribution in [2.75, 3.05) is 0 Å². The Labute approximate surface area is 150 Å². The second-order valence-corrected chi connectivity index (χ2v) is 6.06. The molecular weight excluding hydrogens is 383 g/mol. The van der Waals surface area contributed by atoms with Crippen LogP contribution in [0.1, 0.15) is 17.2 Å². The fourth-order valence-corrected chi connectivity index (χ4v) is 2.30. The number of aromatic nitrogens is 5. The molecule has 124 valence electrons. The molecule has 0 amide bonds. The molecular formula is C14H8Cl3F2N5. The predicted molar refractivity (Wildman–Crippen MR) is 86.0 cm³/mol. The van der Waals surface area contributed by atoms with Crippen LogP contribution in [-0.4, -0.2) is 24.7 Å². The van der Waals surface area contributed by atoms with Crippen LogP contribution in [0.2, 0.25) is 10.2 Å². The highest BCUT2D eigenvalue weighted by Crippen LogP contribution is 2.32. The van der Waals surface area contributed by atoms with Crippen molar-refractivity contribution >= 4 is 34.8 Å². The summed E-state index contributed by atoms with van der Waals surface area (Å²) < 4.78 is 28.1. The van der Waals surface area contributed by atoms with E-state index in [9.17, 15) is 8.78 Å². The van der Waals surface area contributed by atoms with Crippen molar-refractivity contribution in [3.05, 3.63) is 64.2 Å². The zero-order chi connectivity index (χ0) is 17.3. The van der Waals surface area contributed by atoms with Crippen LogP contribution < -0.4 is 0 Å². The second-order valence-electron chi connectivity index (χ2n) is 4.76. The van der Waals surface area contributed by atoms with E-state index in [0.717, 1.165) is 0 Å². The Morgan fingerprint density at radius 1 is 1.04 bits per heavy atom. The van der Waals surface area contributed by atoms with Crippen molar-refractivity contribution in [2.24, 2.45) is 0 Å². The van der Waals surface area contributed by atoms with Crippen LogP contribution in [0.25, 0.3) is 5.69 Å². The number of hydrogen-bond donors (Lipinski definition) is 0. The fraction of sp³-hybridized carbons (Fsp3) is 0.143. The van der Waals surface area contributed by atoms with E-state index < -0.39 is 11.1 Å². The molecule has 0 atom stereocenters. The van der Waals surface area contributed by atoms with Gasteiger partial charge in [0.1, 0.15) is 16.7 Å². The van der Waals surface area contributed by atoms with E-state index in [1.807, 2.05) is 0 Å². The Morgan fingerprint density at radius 2 is 1.75 bits per heavy atom. The summed E-state index contributed by atoms with van der Waals surface area (Å²) >= 11 is 16.6. The molecule has 0 saturated carbocycles. The first kappa shape index (κ1) is 17.0. The Balaban J connectivity index is 2.04. The van der Waals surface area contributed by atoms with Gasteiger partial charge >= 0.3 is 5.38 Å². The van der Waals surface area contributed by atoms with E-state index in [2.05, 4.69) is 20.1 Å². The minimum absolute atomic E-state index is 0.153. The highest BCUT2D eigenvalue weighted by atomic mass is 35.5. The lowest BCUT2D eigenvalue weighted by atomic mass is 10.2. The second kappa shape index (κ2) is 6.58. The molecule has 3 heterocycles. The van der Waals surface area contributed by atoms with Gasteiger partial charge in [-0.05, 0) is 29.8 Å². The number of halogens is 5. The Bertz CT molecular complexity index is 844. The molecule has 5 nitrogen and oxygen atoms in total. The SMILES string of the molecule is FC(F)(Cl)c1cc(Cc2ncc(Cl)cn2)n(-c2ccc(Cl)nc2)n1. The average Bonchev–Trinajstić information content (AvgIpc) is 2.94. The van der Waals surface area contributed by atoms with Crippen LogP contribution in [0.3, 0.4) is 0 Å². The molecule has 0 bridgehead atoms. The highest BCUT2D eigenvalue weighted by Gasteiger charge is 2.32. The standard InChI is InChI=1S/C14H8Cl3F2N5/c15-8-5-21-13(22-6-8)4-10-3-11(14(17,18)19)23-24(10)9-1-2-12(16)20-7-9/h1-3,5-7H,4H2. The van der Waals surface area contributed by atoms with Gasteiger partial charge < -0.3 is 0 Å². The summed E-state index contributed by atoms with van der Waals surface area (Å²) in [6.07, 6.45) is 4.41. The maximum atomic E-state index is 13.4. The summed E-state index contributed by atoms with van der Waals surface area (Å²) in [5.74, 6) is 0.395. The van der Waals surface area contributed by atoms with E-state index in [4.69, 9.17) is 34.8 Å². The third kappa shape index (κ3) is 3.80. The summed E-state index contributed by atoms with van der Waals surface area (Å²) in [6.45, 7) is 0. The van der Waals surface area contributed by atoms with E-state index in [1.54, 1.807) is 6.07 Å². The molecule has 3 aromatic rings. The minimum atomic E-state index is -3.60. The number of nitrogens with zero attached hydrogens (tertiary/aromatic N) is 5. The molecule has 0 saturated heterocycles. The zero-order valence-corrected chi connectivity index (χ0v) is 14.1. The largest absolute Gasteiger partial charge is 0.366 e. The van der Waals surface area contributed by atoms with E-state index >= 15 is 0 Å². The van der Waals surface area contributed by atoms with Crippen molar-refractivity contribution in [3.63, 3.8) is 0 Å². The molecule has 0 N–H and O–H groups in total. The van der Waals surface area contributed by atoms with Gasteiger partial charge in [-0.3, -0.25) is 0 Å². The maximum absolute atomic E-state index is 13.4. The summed E-state index contributed by atoms with van der Waals surface area (Å²) in [6, 6.07) is 4.32. The average molecular weight is 391 g/mol. The van der Waals surface area contributed by atoms with Gasteiger partial charge in [0.15, 0.2) is 0 Å². The number of alkyl halides is 3. The quantitative estimate of drug-likeness (QED) is 0.494. The van der Waals surface area contributed by atoms with E-state index in [-0.39, 0.29) is 11.6 Å². The van der Waals surface area contributed by atoms with Crippen LogP contribution in [0, 0.1) is 0 Å². The lowest BCUT2D eigenvalue weighted by Crippen LogP contribution is -2.07. The molecule has 10 heteroatoms.